The molecular formula is C14H17N5O2. The number of aromatic amines is 2. The third kappa shape index (κ3) is 2.96. The van der Waals surface area contributed by atoms with Crippen LogP contribution in [0, 0.1) is 0 Å². The summed E-state index contributed by atoms with van der Waals surface area (Å²) in [5.41, 5.74) is 1.10. The summed E-state index contributed by atoms with van der Waals surface area (Å²) in [6, 6.07) is 5.02. The topological polar surface area (TPSA) is 93.9 Å². The van der Waals surface area contributed by atoms with Crippen LogP contribution in [-0.4, -0.2) is 39.2 Å². The molecule has 0 radical (unpaired) electrons. The minimum Gasteiger partial charge on any atom is -0.327 e. The Balaban J connectivity index is 1.58. The molecule has 1 fully saturated rings. The van der Waals surface area contributed by atoms with Gasteiger partial charge in [-0.1, -0.05) is 0 Å². The molecule has 2 aromatic heterocycles. The van der Waals surface area contributed by atoms with Crippen molar-refractivity contribution >= 4 is 11.7 Å². The minimum atomic E-state index is -0.293. The van der Waals surface area contributed by atoms with Gasteiger partial charge in [-0.3, -0.25) is 9.89 Å². The highest BCUT2D eigenvalue weighted by molar-refractivity contribution is 5.89. The number of rotatable bonds is 2. The van der Waals surface area contributed by atoms with Gasteiger partial charge in [-0.15, -0.1) is 0 Å². The molecular weight excluding hydrogens is 270 g/mol. The van der Waals surface area contributed by atoms with E-state index in [-0.39, 0.29) is 17.3 Å². The predicted octanol–water partition coefficient (Wildman–Crippen LogP) is 1.51. The van der Waals surface area contributed by atoms with Crippen LogP contribution in [0.5, 0.6) is 0 Å². The molecule has 0 saturated carbocycles. The van der Waals surface area contributed by atoms with Crippen molar-refractivity contribution in [3.8, 4) is 0 Å². The fraction of sp³-hybridized carbons (Fsp3) is 0.357. The Labute approximate surface area is 121 Å². The molecule has 0 bridgehead atoms. The van der Waals surface area contributed by atoms with Crippen molar-refractivity contribution in [2.75, 3.05) is 18.4 Å². The Morgan fingerprint density at radius 3 is 2.81 bits per heavy atom. The third-order valence-corrected chi connectivity index (χ3v) is 3.80. The molecule has 1 saturated heterocycles. The van der Waals surface area contributed by atoms with Gasteiger partial charge in [-0.2, -0.15) is 5.10 Å². The highest BCUT2D eigenvalue weighted by Gasteiger charge is 2.24. The first-order valence-electron chi connectivity index (χ1n) is 6.97. The number of piperidine rings is 1. The monoisotopic (exact) mass is 287 g/mol. The number of amides is 2. The maximum absolute atomic E-state index is 12.2. The summed E-state index contributed by atoms with van der Waals surface area (Å²) in [5, 5.41) is 9.60. The minimum absolute atomic E-state index is 0.227. The average Bonchev–Trinajstić information content (AvgIpc) is 3.04. The van der Waals surface area contributed by atoms with E-state index in [1.165, 1.54) is 6.20 Å². The summed E-state index contributed by atoms with van der Waals surface area (Å²) < 4.78 is 0. The number of carbonyl (C=O) groups is 1. The fourth-order valence-corrected chi connectivity index (χ4v) is 2.60. The number of likely N-dealkylation sites (tertiary alicyclic amines) is 1. The number of hydrogen-bond donors (Lipinski definition) is 3. The van der Waals surface area contributed by atoms with Gasteiger partial charge in [0, 0.05) is 37.1 Å². The van der Waals surface area contributed by atoms with Crippen LogP contribution in [0.3, 0.4) is 0 Å². The van der Waals surface area contributed by atoms with Gasteiger partial charge in [0.2, 0.25) is 0 Å². The summed E-state index contributed by atoms with van der Waals surface area (Å²) >= 11 is 0. The van der Waals surface area contributed by atoms with E-state index < -0.39 is 0 Å². The highest BCUT2D eigenvalue weighted by Crippen LogP contribution is 2.26. The van der Waals surface area contributed by atoms with Crippen LogP contribution < -0.4 is 10.9 Å². The zero-order valence-corrected chi connectivity index (χ0v) is 11.5. The number of carbonyl (C=O) groups excluding carboxylic acids is 1. The molecule has 2 amide bonds. The number of pyridine rings is 1. The molecule has 0 aromatic carbocycles. The van der Waals surface area contributed by atoms with E-state index in [4.69, 9.17) is 0 Å². The third-order valence-electron chi connectivity index (χ3n) is 3.80. The molecule has 110 valence electrons. The maximum atomic E-state index is 12.2. The highest BCUT2D eigenvalue weighted by atomic mass is 16.2. The molecule has 3 N–H and O–H groups in total. The van der Waals surface area contributed by atoms with Crippen LogP contribution in [0.4, 0.5) is 10.5 Å². The van der Waals surface area contributed by atoms with Gasteiger partial charge in [0.25, 0.3) is 5.56 Å². The molecule has 21 heavy (non-hydrogen) atoms. The van der Waals surface area contributed by atoms with Crippen LogP contribution >= 0.6 is 0 Å². The number of anilines is 1. The van der Waals surface area contributed by atoms with Gasteiger partial charge in [-0.05, 0) is 31.0 Å². The molecule has 0 unspecified atom stereocenters. The van der Waals surface area contributed by atoms with Crippen molar-refractivity contribution in [2.45, 2.75) is 18.8 Å². The van der Waals surface area contributed by atoms with Crippen LogP contribution in [0.25, 0.3) is 0 Å². The second-order valence-electron chi connectivity index (χ2n) is 5.12. The summed E-state index contributed by atoms with van der Waals surface area (Å²) in [6.45, 7) is 1.33. The molecule has 3 rings (SSSR count). The lowest BCUT2D eigenvalue weighted by atomic mass is 9.94. The number of nitrogens with zero attached hydrogens (tertiary/aromatic N) is 2. The predicted molar refractivity (Wildman–Crippen MR) is 78.2 cm³/mol. The van der Waals surface area contributed by atoms with Gasteiger partial charge in [-0.25, -0.2) is 4.79 Å². The summed E-state index contributed by atoms with van der Waals surface area (Å²) in [4.78, 5) is 28.0. The SMILES string of the molecule is O=C(Nc1ccc[nH]c1=O)N1CCC(c2ccn[nH]2)CC1. The normalized spacial score (nSPS) is 15.9. The lowest BCUT2D eigenvalue weighted by Gasteiger charge is -2.31. The number of aromatic nitrogens is 3. The van der Waals surface area contributed by atoms with Gasteiger partial charge in [0.1, 0.15) is 5.69 Å². The van der Waals surface area contributed by atoms with E-state index in [1.807, 2.05) is 6.07 Å². The molecule has 0 spiro atoms. The van der Waals surface area contributed by atoms with Crippen molar-refractivity contribution < 1.29 is 4.79 Å². The van der Waals surface area contributed by atoms with Gasteiger partial charge in [0.15, 0.2) is 0 Å². The number of H-pyrrole nitrogens is 2. The van der Waals surface area contributed by atoms with Crippen molar-refractivity contribution in [2.24, 2.45) is 0 Å². The summed E-state index contributed by atoms with van der Waals surface area (Å²) in [7, 11) is 0. The van der Waals surface area contributed by atoms with E-state index in [0.717, 1.165) is 18.5 Å². The first kappa shape index (κ1) is 13.4. The largest absolute Gasteiger partial charge is 0.327 e. The molecule has 2 aromatic rings. The van der Waals surface area contributed by atoms with Crippen molar-refractivity contribution in [1.29, 1.82) is 0 Å². The molecule has 7 nitrogen and oxygen atoms in total. The van der Waals surface area contributed by atoms with E-state index >= 15 is 0 Å². The summed E-state index contributed by atoms with van der Waals surface area (Å²) in [5.74, 6) is 0.414. The lowest BCUT2D eigenvalue weighted by Crippen LogP contribution is -2.41. The smallest absolute Gasteiger partial charge is 0.321 e. The Kier molecular flexibility index (Phi) is 3.72. The second-order valence-corrected chi connectivity index (χ2v) is 5.12. The second kappa shape index (κ2) is 5.82. The zero-order valence-electron chi connectivity index (χ0n) is 11.5. The Morgan fingerprint density at radius 2 is 2.14 bits per heavy atom. The molecule has 1 aliphatic rings. The molecule has 7 heteroatoms. The number of hydrogen-bond acceptors (Lipinski definition) is 3. The zero-order chi connectivity index (χ0) is 14.7. The summed E-state index contributed by atoms with van der Waals surface area (Å²) in [6.07, 6.45) is 5.06. The standard InChI is InChI=1S/C14H17N5O2/c20-13-12(2-1-6-15-13)17-14(21)19-8-4-10(5-9-19)11-3-7-16-18-11/h1-3,6-7,10H,4-5,8-9H2,(H,15,20)(H,16,18)(H,17,21). The van der Waals surface area contributed by atoms with Crippen LogP contribution in [0.2, 0.25) is 0 Å². The number of urea groups is 1. The van der Waals surface area contributed by atoms with E-state index in [1.54, 1.807) is 23.2 Å². The van der Waals surface area contributed by atoms with Crippen molar-refractivity contribution in [3.63, 3.8) is 0 Å². The number of nitrogens with one attached hydrogen (secondary N) is 3. The van der Waals surface area contributed by atoms with Crippen LogP contribution in [0.15, 0.2) is 35.4 Å². The van der Waals surface area contributed by atoms with E-state index in [0.29, 0.717) is 19.0 Å². The fourth-order valence-electron chi connectivity index (χ4n) is 2.60. The van der Waals surface area contributed by atoms with Gasteiger partial charge < -0.3 is 15.2 Å². The molecule has 0 atom stereocenters. The molecule has 3 heterocycles. The Bertz CT molecular complexity index is 656. The van der Waals surface area contributed by atoms with Crippen LogP contribution in [0.1, 0.15) is 24.5 Å². The first-order chi connectivity index (χ1) is 10.2. The average molecular weight is 287 g/mol. The van der Waals surface area contributed by atoms with Gasteiger partial charge >= 0.3 is 6.03 Å². The van der Waals surface area contributed by atoms with Crippen molar-refractivity contribution in [3.05, 3.63) is 46.6 Å². The maximum Gasteiger partial charge on any atom is 0.321 e. The van der Waals surface area contributed by atoms with Gasteiger partial charge in [0.05, 0.1) is 0 Å². The Morgan fingerprint density at radius 1 is 1.33 bits per heavy atom. The van der Waals surface area contributed by atoms with Crippen molar-refractivity contribution in [1.82, 2.24) is 20.1 Å². The van der Waals surface area contributed by atoms with Crippen LogP contribution in [-0.2, 0) is 0 Å². The van der Waals surface area contributed by atoms with E-state index in [2.05, 4.69) is 20.5 Å². The quantitative estimate of drug-likeness (QED) is 0.781. The molecule has 0 aliphatic carbocycles. The Hall–Kier alpha value is -2.57. The first-order valence-corrected chi connectivity index (χ1v) is 6.97. The van der Waals surface area contributed by atoms with E-state index in [9.17, 15) is 9.59 Å². The molecule has 1 aliphatic heterocycles. The lowest BCUT2D eigenvalue weighted by molar-refractivity contribution is 0.194.